The Balaban J connectivity index is 2.42. The zero-order chi connectivity index (χ0) is 13.2. The van der Waals surface area contributed by atoms with Crippen LogP contribution in [0.15, 0.2) is 16.4 Å². The van der Waals surface area contributed by atoms with Gasteiger partial charge in [0.2, 0.25) is 0 Å². The van der Waals surface area contributed by atoms with E-state index >= 15 is 0 Å². The lowest BCUT2D eigenvalue weighted by Crippen LogP contribution is -2.37. The number of hydrogen-bond donors (Lipinski definition) is 2. The summed E-state index contributed by atoms with van der Waals surface area (Å²) in [6.07, 6.45) is 3.74. The first-order chi connectivity index (χ1) is 8.77. The lowest BCUT2D eigenvalue weighted by molar-refractivity contribution is 0.683. The highest BCUT2D eigenvalue weighted by atomic mass is 32.1. The van der Waals surface area contributed by atoms with E-state index in [-0.39, 0.29) is 0 Å². The number of rotatable bonds is 7. The Bertz CT molecular complexity index is 358. The number of aryl methyl sites for hydroxylation is 1. The van der Waals surface area contributed by atoms with Crippen LogP contribution in [-0.4, -0.2) is 19.0 Å². The molecule has 0 fully saturated rings. The normalized spacial score (nSPS) is 11.6. The smallest absolute Gasteiger partial charge is 0.191 e. The van der Waals surface area contributed by atoms with E-state index in [0.29, 0.717) is 0 Å². The van der Waals surface area contributed by atoms with E-state index < -0.39 is 0 Å². The minimum atomic E-state index is 0.770. The second-order valence-corrected chi connectivity index (χ2v) is 5.36. The van der Waals surface area contributed by atoms with E-state index in [0.717, 1.165) is 25.6 Å². The quantitative estimate of drug-likeness (QED) is 0.452. The molecule has 0 radical (unpaired) electrons. The number of nitrogens with one attached hydrogen (secondary N) is 2. The summed E-state index contributed by atoms with van der Waals surface area (Å²) in [4.78, 5) is 5.97. The highest BCUT2D eigenvalue weighted by Gasteiger charge is 2.00. The summed E-state index contributed by atoms with van der Waals surface area (Å²) in [5, 5.41) is 8.79. The van der Waals surface area contributed by atoms with Gasteiger partial charge in [0.05, 0.1) is 6.54 Å². The van der Waals surface area contributed by atoms with Gasteiger partial charge in [0, 0.05) is 18.0 Å². The maximum absolute atomic E-state index is 4.62. The summed E-state index contributed by atoms with van der Waals surface area (Å²) >= 11 is 1.78. The molecule has 0 aliphatic rings. The Morgan fingerprint density at radius 2 is 2.11 bits per heavy atom. The van der Waals surface area contributed by atoms with Crippen LogP contribution in [0.3, 0.4) is 0 Å². The van der Waals surface area contributed by atoms with Crippen LogP contribution in [-0.2, 0) is 6.54 Å². The number of nitrogens with zero attached hydrogens (tertiary/aromatic N) is 1. The second kappa shape index (κ2) is 8.97. The molecule has 0 spiro atoms. The third kappa shape index (κ3) is 5.54. The third-order valence-electron chi connectivity index (χ3n) is 2.77. The molecule has 0 amide bonds. The van der Waals surface area contributed by atoms with Gasteiger partial charge in [-0.05, 0) is 37.3 Å². The maximum atomic E-state index is 4.62. The van der Waals surface area contributed by atoms with Gasteiger partial charge < -0.3 is 10.6 Å². The van der Waals surface area contributed by atoms with Crippen molar-refractivity contribution in [3.63, 3.8) is 0 Å². The van der Waals surface area contributed by atoms with E-state index in [4.69, 9.17) is 0 Å². The maximum Gasteiger partial charge on any atom is 0.191 e. The van der Waals surface area contributed by atoms with Crippen molar-refractivity contribution in [1.29, 1.82) is 0 Å². The van der Waals surface area contributed by atoms with Crippen LogP contribution in [0.2, 0.25) is 0 Å². The summed E-state index contributed by atoms with van der Waals surface area (Å²) in [7, 11) is 0. The number of hydrogen-bond acceptors (Lipinski definition) is 2. The number of unbranched alkanes of at least 4 members (excludes halogenated alkanes) is 2. The lowest BCUT2D eigenvalue weighted by atomic mass is 10.2. The van der Waals surface area contributed by atoms with Gasteiger partial charge in [-0.15, -0.1) is 11.3 Å². The van der Waals surface area contributed by atoms with Crippen LogP contribution in [0.25, 0.3) is 0 Å². The molecule has 0 saturated heterocycles. The minimum Gasteiger partial charge on any atom is -0.357 e. The van der Waals surface area contributed by atoms with Crippen molar-refractivity contribution in [1.82, 2.24) is 10.6 Å². The van der Waals surface area contributed by atoms with Crippen LogP contribution in [0, 0.1) is 6.92 Å². The largest absolute Gasteiger partial charge is 0.357 e. The Morgan fingerprint density at radius 3 is 2.72 bits per heavy atom. The van der Waals surface area contributed by atoms with Crippen molar-refractivity contribution in [3.05, 3.63) is 21.9 Å². The molecule has 1 aromatic heterocycles. The highest BCUT2D eigenvalue weighted by molar-refractivity contribution is 7.10. The molecule has 18 heavy (non-hydrogen) atoms. The molecule has 4 heteroatoms. The number of thiophene rings is 1. The molecule has 1 aromatic rings. The van der Waals surface area contributed by atoms with Crippen LogP contribution < -0.4 is 10.6 Å². The third-order valence-corrected chi connectivity index (χ3v) is 3.77. The van der Waals surface area contributed by atoms with Gasteiger partial charge >= 0.3 is 0 Å². The van der Waals surface area contributed by atoms with Crippen molar-refractivity contribution in [2.45, 2.75) is 46.6 Å². The molecule has 0 aliphatic carbocycles. The van der Waals surface area contributed by atoms with Crippen molar-refractivity contribution >= 4 is 17.3 Å². The fourth-order valence-corrected chi connectivity index (χ4v) is 2.47. The van der Waals surface area contributed by atoms with Gasteiger partial charge in [0.15, 0.2) is 5.96 Å². The Hall–Kier alpha value is -1.03. The van der Waals surface area contributed by atoms with Gasteiger partial charge in [-0.1, -0.05) is 19.8 Å². The van der Waals surface area contributed by atoms with E-state index in [1.54, 1.807) is 11.3 Å². The molecule has 0 bridgehead atoms. The van der Waals surface area contributed by atoms with Crippen molar-refractivity contribution in [2.24, 2.45) is 4.99 Å². The molecule has 0 aliphatic heterocycles. The first-order valence-electron chi connectivity index (χ1n) is 6.83. The Morgan fingerprint density at radius 1 is 1.28 bits per heavy atom. The van der Waals surface area contributed by atoms with E-state index in [9.17, 15) is 0 Å². The van der Waals surface area contributed by atoms with Gasteiger partial charge in [-0.2, -0.15) is 0 Å². The van der Waals surface area contributed by atoms with E-state index in [2.05, 4.69) is 47.8 Å². The van der Waals surface area contributed by atoms with Crippen molar-refractivity contribution < 1.29 is 0 Å². The van der Waals surface area contributed by atoms with Crippen LogP contribution in [0.1, 0.15) is 43.6 Å². The predicted octanol–water partition coefficient (Wildman–Crippen LogP) is 3.30. The SMILES string of the molecule is CCCCCNC(=NCc1sccc1C)NCC. The predicted molar refractivity (Wildman–Crippen MR) is 81.4 cm³/mol. The molecule has 102 valence electrons. The molecule has 0 unspecified atom stereocenters. The molecule has 2 N–H and O–H groups in total. The average molecular weight is 267 g/mol. The highest BCUT2D eigenvalue weighted by Crippen LogP contribution is 2.16. The van der Waals surface area contributed by atoms with Crippen LogP contribution >= 0.6 is 11.3 Å². The fourth-order valence-electron chi connectivity index (χ4n) is 1.64. The van der Waals surface area contributed by atoms with E-state index in [1.165, 1.54) is 29.7 Å². The molecule has 1 rings (SSSR count). The number of aliphatic imine (C=N–C) groups is 1. The monoisotopic (exact) mass is 267 g/mol. The van der Waals surface area contributed by atoms with Gasteiger partial charge in [0.25, 0.3) is 0 Å². The van der Waals surface area contributed by atoms with Gasteiger partial charge in [-0.25, -0.2) is 4.99 Å². The second-order valence-electron chi connectivity index (χ2n) is 4.36. The number of guanidine groups is 1. The van der Waals surface area contributed by atoms with Gasteiger partial charge in [-0.3, -0.25) is 0 Å². The lowest BCUT2D eigenvalue weighted by Gasteiger charge is -2.10. The Labute approximate surface area is 115 Å². The molecule has 0 saturated carbocycles. The molecule has 0 aromatic carbocycles. The molecule has 1 heterocycles. The summed E-state index contributed by atoms with van der Waals surface area (Å²) in [5.74, 6) is 0.932. The standard InChI is InChI=1S/C14H25N3S/c1-4-6-7-9-16-14(15-5-2)17-11-13-12(3)8-10-18-13/h8,10H,4-7,9,11H2,1-3H3,(H2,15,16,17). The van der Waals surface area contributed by atoms with Crippen molar-refractivity contribution in [2.75, 3.05) is 13.1 Å². The fraction of sp³-hybridized carbons (Fsp3) is 0.643. The van der Waals surface area contributed by atoms with Crippen molar-refractivity contribution in [3.8, 4) is 0 Å². The Kier molecular flexibility index (Phi) is 7.49. The molecule has 0 atom stereocenters. The first kappa shape index (κ1) is 15.0. The molecule has 3 nitrogen and oxygen atoms in total. The average Bonchev–Trinajstić information content (AvgIpc) is 2.77. The zero-order valence-corrected chi connectivity index (χ0v) is 12.6. The summed E-state index contributed by atoms with van der Waals surface area (Å²) < 4.78 is 0. The topological polar surface area (TPSA) is 36.4 Å². The first-order valence-corrected chi connectivity index (χ1v) is 7.71. The van der Waals surface area contributed by atoms with Crippen LogP contribution in [0.5, 0.6) is 0 Å². The van der Waals surface area contributed by atoms with E-state index in [1.807, 2.05) is 0 Å². The zero-order valence-electron chi connectivity index (χ0n) is 11.8. The molecular formula is C14H25N3S. The molecular weight excluding hydrogens is 242 g/mol. The summed E-state index contributed by atoms with van der Waals surface area (Å²) in [6, 6.07) is 2.15. The summed E-state index contributed by atoms with van der Waals surface area (Å²) in [5.41, 5.74) is 1.34. The summed E-state index contributed by atoms with van der Waals surface area (Å²) in [6.45, 7) is 9.14. The minimum absolute atomic E-state index is 0.770. The van der Waals surface area contributed by atoms with Gasteiger partial charge in [0.1, 0.15) is 0 Å². The van der Waals surface area contributed by atoms with Crippen LogP contribution in [0.4, 0.5) is 0 Å².